The average molecular weight is 366 g/mol. The molecule has 0 saturated heterocycles. The molecular weight excluding hydrogens is 340 g/mol. The Labute approximate surface area is 159 Å². The molecule has 142 valence electrons. The molecule has 1 amide bonds. The second kappa shape index (κ2) is 6.85. The Morgan fingerprint density at radius 3 is 2.67 bits per heavy atom. The fourth-order valence-electron chi connectivity index (χ4n) is 4.13. The van der Waals surface area contributed by atoms with Crippen LogP contribution in [0.2, 0.25) is 0 Å². The van der Waals surface area contributed by atoms with Gasteiger partial charge in [-0.1, -0.05) is 19.1 Å². The van der Waals surface area contributed by atoms with E-state index in [2.05, 4.69) is 17.2 Å². The van der Waals surface area contributed by atoms with Crippen molar-refractivity contribution in [3.63, 3.8) is 0 Å². The predicted molar refractivity (Wildman–Crippen MR) is 108 cm³/mol. The van der Waals surface area contributed by atoms with E-state index in [4.69, 9.17) is 0 Å². The number of hydrogen-bond acceptors (Lipinski definition) is 5. The van der Waals surface area contributed by atoms with Crippen molar-refractivity contribution in [1.82, 2.24) is 4.98 Å². The number of carbonyl (C=O) groups is 1. The van der Waals surface area contributed by atoms with E-state index in [9.17, 15) is 9.90 Å². The van der Waals surface area contributed by atoms with Gasteiger partial charge >= 0.3 is 0 Å². The molecule has 0 spiro atoms. The molecule has 1 saturated carbocycles. The van der Waals surface area contributed by atoms with E-state index in [0.717, 1.165) is 42.1 Å². The number of aliphatic hydroxyl groups is 1. The Balaban J connectivity index is 1.67. The molecule has 6 nitrogen and oxygen atoms in total. The molecular formula is C21H26N4O2. The minimum absolute atomic E-state index is 0.0335. The standard InChI is InChI=1S/C21H26N4O2/c1-13-10-14(8-9-19(13)26)23-20-11-17-18(12-22-20)25(3)21(27)15-6-4-5-7-16(15)24(17)2/h4-7,11-14,19,26H,8-10H2,1-3H3,(H,22,23)/t13-,14?,19+/m0/s1. The van der Waals surface area contributed by atoms with Crippen molar-refractivity contribution in [1.29, 1.82) is 0 Å². The van der Waals surface area contributed by atoms with Gasteiger partial charge in [0.1, 0.15) is 5.82 Å². The number of pyridine rings is 1. The summed E-state index contributed by atoms with van der Waals surface area (Å²) in [6.07, 6.45) is 4.23. The number of fused-ring (bicyclic) bond motifs is 2. The molecule has 0 radical (unpaired) electrons. The summed E-state index contributed by atoms with van der Waals surface area (Å²) in [5.74, 6) is 1.05. The Hall–Kier alpha value is -2.60. The predicted octanol–water partition coefficient (Wildman–Crippen LogP) is 3.40. The smallest absolute Gasteiger partial charge is 0.260 e. The minimum Gasteiger partial charge on any atom is -0.393 e. The molecule has 2 N–H and O–H groups in total. The number of aromatic nitrogens is 1. The van der Waals surface area contributed by atoms with Crippen LogP contribution in [0, 0.1) is 5.92 Å². The lowest BCUT2D eigenvalue weighted by Gasteiger charge is -2.32. The van der Waals surface area contributed by atoms with Gasteiger partial charge in [0, 0.05) is 26.2 Å². The summed E-state index contributed by atoms with van der Waals surface area (Å²) in [4.78, 5) is 21.1. The van der Waals surface area contributed by atoms with Crippen molar-refractivity contribution in [3.05, 3.63) is 42.1 Å². The fraction of sp³-hybridized carbons (Fsp3) is 0.429. The lowest BCUT2D eigenvalue weighted by molar-refractivity contribution is 0.0748. The maximum Gasteiger partial charge on any atom is 0.260 e. The third-order valence-electron chi connectivity index (χ3n) is 5.86. The number of nitrogens with one attached hydrogen (secondary N) is 1. The van der Waals surface area contributed by atoms with Gasteiger partial charge in [-0.3, -0.25) is 4.79 Å². The number of amides is 1. The van der Waals surface area contributed by atoms with E-state index in [1.807, 2.05) is 42.3 Å². The van der Waals surface area contributed by atoms with Crippen LogP contribution in [0.15, 0.2) is 36.5 Å². The number of rotatable bonds is 2. The van der Waals surface area contributed by atoms with E-state index < -0.39 is 0 Å². The largest absolute Gasteiger partial charge is 0.393 e. The van der Waals surface area contributed by atoms with Crippen LogP contribution < -0.4 is 15.1 Å². The third-order valence-corrected chi connectivity index (χ3v) is 5.86. The lowest BCUT2D eigenvalue weighted by Crippen LogP contribution is -2.34. The van der Waals surface area contributed by atoms with Gasteiger partial charge in [-0.15, -0.1) is 0 Å². The van der Waals surface area contributed by atoms with Crippen LogP contribution in [0.5, 0.6) is 0 Å². The molecule has 0 bridgehead atoms. The number of hydrogen-bond donors (Lipinski definition) is 2. The fourth-order valence-corrected chi connectivity index (χ4v) is 4.13. The summed E-state index contributed by atoms with van der Waals surface area (Å²) in [6.45, 7) is 2.09. The molecule has 1 unspecified atom stereocenters. The van der Waals surface area contributed by atoms with Gasteiger partial charge in [-0.25, -0.2) is 4.98 Å². The second-order valence-corrected chi connectivity index (χ2v) is 7.70. The lowest BCUT2D eigenvalue weighted by atomic mass is 9.84. The van der Waals surface area contributed by atoms with Gasteiger partial charge in [0.15, 0.2) is 0 Å². The molecule has 2 aliphatic rings. The summed E-state index contributed by atoms with van der Waals surface area (Å²) < 4.78 is 0. The normalized spacial score (nSPS) is 24.9. The SMILES string of the molecule is C[C@H]1CC(Nc2cc3c(cn2)N(C)C(=O)c2ccccc2N3C)CC[C@H]1O. The van der Waals surface area contributed by atoms with Crippen LogP contribution in [-0.4, -0.2) is 42.2 Å². The molecule has 1 aliphatic heterocycles. The summed E-state index contributed by atoms with van der Waals surface area (Å²) in [5, 5.41) is 13.5. The van der Waals surface area contributed by atoms with Crippen LogP contribution in [-0.2, 0) is 0 Å². The zero-order valence-corrected chi connectivity index (χ0v) is 16.0. The molecule has 6 heteroatoms. The molecule has 1 aliphatic carbocycles. The first-order valence-electron chi connectivity index (χ1n) is 9.51. The highest BCUT2D eigenvalue weighted by Gasteiger charge is 2.29. The Bertz CT molecular complexity index is 869. The van der Waals surface area contributed by atoms with Crippen LogP contribution in [0.25, 0.3) is 0 Å². The highest BCUT2D eigenvalue weighted by Crippen LogP contribution is 2.40. The third kappa shape index (κ3) is 3.14. The van der Waals surface area contributed by atoms with Crippen LogP contribution in [0.1, 0.15) is 36.5 Å². The van der Waals surface area contributed by atoms with Gasteiger partial charge in [0.2, 0.25) is 0 Å². The molecule has 2 heterocycles. The first-order valence-corrected chi connectivity index (χ1v) is 9.51. The zero-order chi connectivity index (χ0) is 19.1. The van der Waals surface area contributed by atoms with Crippen molar-refractivity contribution in [2.24, 2.45) is 5.92 Å². The van der Waals surface area contributed by atoms with Gasteiger partial charge in [0.05, 0.1) is 34.9 Å². The number of anilines is 4. The van der Waals surface area contributed by atoms with Crippen molar-refractivity contribution in [3.8, 4) is 0 Å². The molecule has 1 aromatic heterocycles. The Kier molecular flexibility index (Phi) is 4.52. The van der Waals surface area contributed by atoms with E-state index in [0.29, 0.717) is 11.6 Å². The van der Waals surface area contributed by atoms with Crippen LogP contribution in [0.3, 0.4) is 0 Å². The van der Waals surface area contributed by atoms with E-state index in [-0.39, 0.29) is 17.9 Å². The topological polar surface area (TPSA) is 68.7 Å². The first kappa shape index (κ1) is 17.8. The maximum atomic E-state index is 12.8. The van der Waals surface area contributed by atoms with Gasteiger partial charge < -0.3 is 20.2 Å². The number of aliphatic hydroxyl groups excluding tert-OH is 1. The van der Waals surface area contributed by atoms with Gasteiger partial charge in [0.25, 0.3) is 5.91 Å². The summed E-state index contributed by atoms with van der Waals surface area (Å²) >= 11 is 0. The van der Waals surface area contributed by atoms with Crippen LogP contribution >= 0.6 is 0 Å². The minimum atomic E-state index is -0.203. The molecule has 3 atom stereocenters. The summed E-state index contributed by atoms with van der Waals surface area (Å²) in [6, 6.07) is 9.97. The molecule has 4 rings (SSSR count). The summed E-state index contributed by atoms with van der Waals surface area (Å²) in [7, 11) is 3.77. The monoisotopic (exact) mass is 366 g/mol. The Morgan fingerprint density at radius 1 is 1.11 bits per heavy atom. The quantitative estimate of drug-likeness (QED) is 0.853. The maximum absolute atomic E-state index is 12.8. The van der Waals surface area contributed by atoms with E-state index in [1.54, 1.807) is 18.1 Å². The highest BCUT2D eigenvalue weighted by molar-refractivity contribution is 6.13. The van der Waals surface area contributed by atoms with Crippen molar-refractivity contribution in [2.75, 3.05) is 29.2 Å². The Morgan fingerprint density at radius 2 is 1.89 bits per heavy atom. The number of nitrogens with zero attached hydrogens (tertiary/aromatic N) is 3. The van der Waals surface area contributed by atoms with Crippen molar-refractivity contribution >= 4 is 28.8 Å². The zero-order valence-electron chi connectivity index (χ0n) is 16.0. The number of carbonyl (C=O) groups excluding carboxylic acids is 1. The molecule has 2 aromatic rings. The van der Waals surface area contributed by atoms with Gasteiger partial charge in [-0.05, 0) is 37.3 Å². The number of para-hydroxylation sites is 1. The average Bonchev–Trinajstić information content (AvgIpc) is 2.75. The van der Waals surface area contributed by atoms with E-state index >= 15 is 0 Å². The first-order chi connectivity index (χ1) is 13.0. The molecule has 27 heavy (non-hydrogen) atoms. The number of benzene rings is 1. The van der Waals surface area contributed by atoms with Crippen molar-refractivity contribution in [2.45, 2.75) is 38.3 Å². The van der Waals surface area contributed by atoms with Gasteiger partial charge in [-0.2, -0.15) is 0 Å². The molecule has 1 fully saturated rings. The van der Waals surface area contributed by atoms with E-state index in [1.165, 1.54) is 0 Å². The van der Waals surface area contributed by atoms with Crippen LogP contribution in [0.4, 0.5) is 22.9 Å². The molecule has 1 aromatic carbocycles. The second-order valence-electron chi connectivity index (χ2n) is 7.70. The highest BCUT2D eigenvalue weighted by atomic mass is 16.3. The van der Waals surface area contributed by atoms with Crippen molar-refractivity contribution < 1.29 is 9.90 Å². The summed E-state index contributed by atoms with van der Waals surface area (Å²) in [5.41, 5.74) is 3.30.